The van der Waals surface area contributed by atoms with Crippen LogP contribution in [0, 0.1) is 0 Å². The first-order valence-electron chi connectivity index (χ1n) is 16.8. The number of fused-ring (bicyclic) bond motifs is 2. The van der Waals surface area contributed by atoms with Gasteiger partial charge >= 0.3 is 11.9 Å². The number of aromatic nitrogens is 4. The second kappa shape index (κ2) is 14.1. The molecule has 2 aromatic carbocycles. The maximum Gasteiger partial charge on any atom is 0.339 e. The van der Waals surface area contributed by atoms with E-state index in [2.05, 4.69) is 62.1 Å². The number of H-pyrrole nitrogens is 1. The highest BCUT2D eigenvalue weighted by Crippen LogP contribution is 2.41. The van der Waals surface area contributed by atoms with Crippen LogP contribution in [-0.2, 0) is 28.9 Å². The number of carboxylic acids is 1. The Morgan fingerprint density at radius 2 is 1.45 bits per heavy atom. The summed E-state index contributed by atoms with van der Waals surface area (Å²) in [5.74, 6) is -0.145. The first-order valence-corrected chi connectivity index (χ1v) is 16.8. The number of aromatic amines is 1. The van der Waals surface area contributed by atoms with Crippen LogP contribution < -0.4 is 0 Å². The first kappa shape index (κ1) is 32.3. The monoisotopic (exact) mass is 656 g/mol. The van der Waals surface area contributed by atoms with Gasteiger partial charge in [0.1, 0.15) is 0 Å². The van der Waals surface area contributed by atoms with E-state index in [0.717, 1.165) is 69.1 Å². The van der Waals surface area contributed by atoms with E-state index in [1.807, 2.05) is 42.9 Å². The number of rotatable bonds is 11. The number of esters is 1. The molecule has 0 saturated heterocycles. The van der Waals surface area contributed by atoms with Crippen LogP contribution in [0.4, 0.5) is 0 Å². The molecule has 0 spiro atoms. The number of ether oxygens (including phenoxy) is 2. The van der Waals surface area contributed by atoms with Crippen molar-refractivity contribution in [2.24, 2.45) is 0 Å². The van der Waals surface area contributed by atoms with Crippen LogP contribution in [0.2, 0.25) is 0 Å². The summed E-state index contributed by atoms with van der Waals surface area (Å²) in [6.45, 7) is 1.48. The van der Waals surface area contributed by atoms with Crippen molar-refractivity contribution in [1.29, 1.82) is 0 Å². The molecule has 2 saturated carbocycles. The van der Waals surface area contributed by atoms with Gasteiger partial charge in [-0.1, -0.05) is 12.1 Å². The quantitative estimate of drug-likeness (QED) is 0.137. The highest BCUT2D eigenvalue weighted by molar-refractivity contribution is 5.91. The van der Waals surface area contributed by atoms with Crippen LogP contribution in [-0.4, -0.2) is 57.4 Å². The molecule has 0 aliphatic heterocycles. The molecule has 9 heteroatoms. The summed E-state index contributed by atoms with van der Waals surface area (Å²) in [5.41, 5.74) is 8.98. The Kier molecular flexibility index (Phi) is 9.26. The summed E-state index contributed by atoms with van der Waals surface area (Å²) in [6, 6.07) is 20.4. The summed E-state index contributed by atoms with van der Waals surface area (Å²) >= 11 is 0. The maximum atomic E-state index is 12.1. The fourth-order valence-electron chi connectivity index (χ4n) is 6.40. The minimum Gasteiger partial charge on any atom is -0.478 e. The number of carboxylic acid groups (broad SMARTS) is 1. The average molecular weight is 657 g/mol. The number of hydrogen-bond acceptors (Lipinski definition) is 6. The Bertz CT molecular complexity index is 2140. The topological polar surface area (TPSA) is 119 Å². The molecule has 4 aromatic heterocycles. The van der Waals surface area contributed by atoms with Crippen molar-refractivity contribution < 1.29 is 24.2 Å². The summed E-state index contributed by atoms with van der Waals surface area (Å²) < 4.78 is 12.3. The molecule has 0 atom stereocenters. The third-order valence-corrected chi connectivity index (χ3v) is 9.45. The number of benzene rings is 2. The summed E-state index contributed by atoms with van der Waals surface area (Å²) in [6.07, 6.45) is 13.5. The Labute approximate surface area is 284 Å². The van der Waals surface area contributed by atoms with Gasteiger partial charge in [0.15, 0.2) is 0 Å². The molecule has 0 radical (unpaired) electrons. The van der Waals surface area contributed by atoms with Crippen molar-refractivity contribution >= 4 is 33.7 Å². The van der Waals surface area contributed by atoms with Gasteiger partial charge in [-0.05, 0) is 119 Å². The Balaban J connectivity index is 0.000000155. The van der Waals surface area contributed by atoms with Crippen molar-refractivity contribution in [3.8, 4) is 0 Å². The molecular formula is C40H40N4O5. The molecule has 250 valence electrons. The van der Waals surface area contributed by atoms with Gasteiger partial charge in [-0.15, -0.1) is 0 Å². The number of carbonyl (C=O) groups is 2. The van der Waals surface area contributed by atoms with Gasteiger partial charge in [0.05, 0.1) is 36.2 Å². The second-order valence-corrected chi connectivity index (χ2v) is 13.0. The fraction of sp³-hybridized carbons (Fsp3) is 0.300. The lowest BCUT2D eigenvalue weighted by Gasteiger charge is -2.09. The average Bonchev–Trinajstić information content (AvgIpc) is 4.06. The largest absolute Gasteiger partial charge is 0.478 e. The molecule has 4 heterocycles. The van der Waals surface area contributed by atoms with Gasteiger partial charge in [0, 0.05) is 62.3 Å². The van der Waals surface area contributed by atoms with E-state index in [0.29, 0.717) is 48.1 Å². The van der Waals surface area contributed by atoms with Crippen molar-refractivity contribution in [3.63, 3.8) is 0 Å². The molecule has 0 unspecified atom stereocenters. The van der Waals surface area contributed by atoms with Crippen LogP contribution in [0.1, 0.15) is 91.9 Å². The molecule has 49 heavy (non-hydrogen) atoms. The van der Waals surface area contributed by atoms with E-state index < -0.39 is 5.97 Å². The molecular weight excluding hydrogens is 616 g/mol. The van der Waals surface area contributed by atoms with Crippen molar-refractivity contribution in [1.82, 2.24) is 19.5 Å². The highest BCUT2D eigenvalue weighted by Gasteiger charge is 2.27. The maximum absolute atomic E-state index is 12.1. The zero-order chi connectivity index (χ0) is 33.9. The van der Waals surface area contributed by atoms with Gasteiger partial charge in [-0.2, -0.15) is 0 Å². The number of carbonyl (C=O) groups excluding carboxylic acids is 1. The van der Waals surface area contributed by atoms with Gasteiger partial charge in [0.2, 0.25) is 0 Å². The molecule has 6 aromatic rings. The van der Waals surface area contributed by atoms with Crippen molar-refractivity contribution in [2.75, 3.05) is 20.8 Å². The number of pyridine rings is 2. The minimum atomic E-state index is -0.901. The van der Waals surface area contributed by atoms with Crippen molar-refractivity contribution in [3.05, 3.63) is 130 Å². The molecule has 2 fully saturated rings. The SMILES string of the molecule is COC(=O)c1cc(C2CC2)cnc1Cc1ccc2[nH]ccc2c1.COCCn1ccc2cc(Cc3ncc(C4CC4)cc3C(=O)O)ccc21. The smallest absolute Gasteiger partial charge is 0.339 e. The molecule has 0 amide bonds. The number of methoxy groups -OCH3 is 2. The number of hydrogen-bond donors (Lipinski definition) is 2. The van der Waals surface area contributed by atoms with Crippen LogP contribution in [0.25, 0.3) is 21.8 Å². The lowest BCUT2D eigenvalue weighted by molar-refractivity contribution is 0.0598. The van der Waals surface area contributed by atoms with E-state index >= 15 is 0 Å². The van der Waals surface area contributed by atoms with Crippen LogP contribution in [0.5, 0.6) is 0 Å². The Morgan fingerprint density at radius 1 is 0.816 bits per heavy atom. The third-order valence-electron chi connectivity index (χ3n) is 9.45. The summed E-state index contributed by atoms with van der Waals surface area (Å²) in [7, 11) is 3.12. The van der Waals surface area contributed by atoms with E-state index in [1.165, 1.54) is 20.0 Å². The van der Waals surface area contributed by atoms with Gasteiger partial charge in [0.25, 0.3) is 0 Å². The summed E-state index contributed by atoms with van der Waals surface area (Å²) in [5, 5.41) is 11.9. The lowest BCUT2D eigenvalue weighted by Crippen LogP contribution is -2.09. The number of nitrogens with one attached hydrogen (secondary N) is 1. The normalized spacial score (nSPS) is 14.1. The predicted molar refractivity (Wildman–Crippen MR) is 188 cm³/mol. The van der Waals surface area contributed by atoms with E-state index in [1.54, 1.807) is 7.11 Å². The number of nitrogens with zero attached hydrogens (tertiary/aromatic N) is 3. The standard InChI is InChI=1S/C21H22N2O3.C19H18N2O2/c1-26-9-8-23-7-6-16-10-14(2-5-20(16)23)11-19-18(21(24)25)12-17(13-22-19)15-3-4-15;1-23-19(22)16-10-15(13-3-4-13)11-21-18(16)9-12-2-5-17-14(8-12)6-7-20-17/h2,5-7,10,12-13,15H,3-4,8-9,11H2,1H3,(H,24,25);2,5-8,10-11,13,20H,3-4,9H2,1H3. The molecule has 2 aliphatic rings. The molecule has 2 aliphatic carbocycles. The van der Waals surface area contributed by atoms with E-state index in [-0.39, 0.29) is 5.97 Å². The van der Waals surface area contributed by atoms with Gasteiger partial charge < -0.3 is 24.1 Å². The first-order chi connectivity index (χ1) is 23.9. The lowest BCUT2D eigenvalue weighted by atomic mass is 10.0. The zero-order valence-corrected chi connectivity index (χ0v) is 27.8. The summed E-state index contributed by atoms with van der Waals surface area (Å²) in [4.78, 5) is 36.0. The van der Waals surface area contributed by atoms with Crippen LogP contribution in [0.15, 0.2) is 85.5 Å². The van der Waals surface area contributed by atoms with Crippen LogP contribution in [0.3, 0.4) is 0 Å². The molecule has 2 N–H and O–H groups in total. The van der Waals surface area contributed by atoms with E-state index in [9.17, 15) is 14.7 Å². The second-order valence-electron chi connectivity index (χ2n) is 13.0. The third kappa shape index (κ3) is 7.42. The molecule has 8 rings (SSSR count). The predicted octanol–water partition coefficient (Wildman–Crippen LogP) is 7.67. The molecule has 0 bridgehead atoms. The Hall–Kier alpha value is -5.28. The highest BCUT2D eigenvalue weighted by atomic mass is 16.5. The zero-order valence-electron chi connectivity index (χ0n) is 27.8. The number of aromatic carboxylic acids is 1. The van der Waals surface area contributed by atoms with Crippen LogP contribution >= 0.6 is 0 Å². The minimum absolute atomic E-state index is 0.308. The van der Waals surface area contributed by atoms with Gasteiger partial charge in [-0.25, -0.2) is 9.59 Å². The van der Waals surface area contributed by atoms with Gasteiger partial charge in [-0.3, -0.25) is 9.97 Å². The fourth-order valence-corrected chi connectivity index (χ4v) is 6.40. The van der Waals surface area contributed by atoms with Crippen molar-refractivity contribution in [2.45, 2.75) is 56.9 Å². The Morgan fingerprint density at radius 3 is 2.08 bits per heavy atom. The van der Waals surface area contributed by atoms with E-state index in [4.69, 9.17) is 9.47 Å². The molecule has 9 nitrogen and oxygen atoms in total.